The van der Waals surface area contributed by atoms with Gasteiger partial charge in [0.15, 0.2) is 0 Å². The number of rotatable bonds is 15. The number of ether oxygens (including phenoxy) is 1. The molecule has 2 N–H and O–H groups in total. The number of aromatic nitrogens is 2. The predicted molar refractivity (Wildman–Crippen MR) is 281 cm³/mol. The minimum atomic E-state index is -4.59. The van der Waals surface area contributed by atoms with Crippen molar-refractivity contribution in [2.45, 2.75) is 65.2 Å². The lowest BCUT2D eigenvalue weighted by atomic mass is 9.72. The summed E-state index contributed by atoms with van der Waals surface area (Å²) in [5.41, 5.74) is 5.75. The van der Waals surface area contributed by atoms with Crippen molar-refractivity contribution in [1.82, 2.24) is 24.5 Å². The number of piperazine rings is 1. The third-order valence-electron chi connectivity index (χ3n) is 13.6. The summed E-state index contributed by atoms with van der Waals surface area (Å²) >= 11 is 6.26. The van der Waals surface area contributed by atoms with Gasteiger partial charge in [-0.25, -0.2) is 18.1 Å². The van der Waals surface area contributed by atoms with E-state index in [0.717, 1.165) is 61.1 Å². The number of nitrogens with one attached hydrogen (secondary N) is 2. The fraction of sp³-hybridized carbons (Fsp3) is 0.423. The van der Waals surface area contributed by atoms with Crippen molar-refractivity contribution in [3.05, 3.63) is 123 Å². The minimum absolute atomic E-state index is 0.0122. The smallest absolute Gasteiger partial charge is 0.273 e. The molecule has 3 aliphatic rings. The largest absolute Gasteiger partial charge is 0.455 e. The van der Waals surface area contributed by atoms with Crippen molar-refractivity contribution in [2.24, 2.45) is 21.6 Å². The number of halogens is 1. The third kappa shape index (κ3) is 12.3. The first-order chi connectivity index (χ1) is 33.2. The van der Waals surface area contributed by atoms with Crippen molar-refractivity contribution >= 4 is 76.7 Å². The van der Waals surface area contributed by atoms with Gasteiger partial charge in [0.25, 0.3) is 27.5 Å². The number of allylic oxidation sites excluding steroid dienone is 1. The zero-order valence-corrected chi connectivity index (χ0v) is 43.0. The Balaban J connectivity index is 0.965. The Morgan fingerprint density at radius 3 is 2.41 bits per heavy atom. The van der Waals surface area contributed by atoms with Crippen LogP contribution < -0.4 is 14.4 Å². The van der Waals surface area contributed by atoms with Gasteiger partial charge in [0, 0.05) is 110 Å². The van der Waals surface area contributed by atoms with Gasteiger partial charge in [0.1, 0.15) is 17.1 Å². The van der Waals surface area contributed by atoms with Gasteiger partial charge >= 0.3 is 0 Å². The summed E-state index contributed by atoms with van der Waals surface area (Å²) in [6, 6.07) is 20.6. The molecule has 0 saturated carbocycles. The average Bonchev–Trinajstić information content (AvgIpc) is 3.79. The van der Waals surface area contributed by atoms with E-state index in [1.807, 2.05) is 39.0 Å². The van der Waals surface area contributed by atoms with E-state index >= 15 is 0 Å². The lowest BCUT2D eigenvalue weighted by Gasteiger charge is -2.39. The number of H-pyrrole nitrogens is 1. The van der Waals surface area contributed by atoms with Crippen LogP contribution in [0.4, 0.5) is 11.4 Å². The molecule has 4 heterocycles. The summed E-state index contributed by atoms with van der Waals surface area (Å²) < 4.78 is 40.8. The molecule has 8 rings (SSSR count). The number of benzene rings is 3. The molecule has 2 aromatic heterocycles. The molecule has 2 fully saturated rings. The predicted octanol–water partition coefficient (Wildman–Crippen LogP) is 9.27. The summed E-state index contributed by atoms with van der Waals surface area (Å²) in [7, 11) is -6.22. The number of fused-ring (bicyclic) bond motifs is 1. The van der Waals surface area contributed by atoms with Crippen molar-refractivity contribution in [1.29, 1.82) is 0 Å². The number of hydrogen-bond donors (Lipinski definition) is 2. The molecular formula is C52H63ClN8O7S2. The van der Waals surface area contributed by atoms with Crippen LogP contribution in [-0.4, -0.2) is 115 Å². The Kier molecular flexibility index (Phi) is 15.2. The Hall–Kier alpha value is -5.59. The molecule has 372 valence electrons. The molecule has 2 saturated heterocycles. The van der Waals surface area contributed by atoms with Crippen LogP contribution in [0.25, 0.3) is 16.6 Å². The lowest BCUT2D eigenvalue weighted by molar-refractivity contribution is -0.385. The Bertz CT molecular complexity index is 3050. The van der Waals surface area contributed by atoms with E-state index < -0.39 is 35.2 Å². The van der Waals surface area contributed by atoms with Crippen LogP contribution in [0.1, 0.15) is 75.4 Å². The summed E-state index contributed by atoms with van der Waals surface area (Å²) in [6.07, 6.45) is 6.78. The SMILES string of the molecule is C=S1(=NC(=O)C(C)C)CCN(C[C@H](C)Cc2ccc(S(=O)(=O)NC(=O)c3ccc(N4CCN(CC5=C(c6ccc(Cl)cc6)CC(C)(C)CC5)CC4)cc3Oc3cnc4[nH]ccc4c3)cc2[N+](=O)[O-])CC1. The van der Waals surface area contributed by atoms with E-state index in [0.29, 0.717) is 67.6 Å². The number of nitro benzene ring substituents is 1. The van der Waals surface area contributed by atoms with Crippen LogP contribution in [0.3, 0.4) is 0 Å². The Morgan fingerprint density at radius 1 is 0.986 bits per heavy atom. The second-order valence-corrected chi connectivity index (χ2v) is 25.3. The van der Waals surface area contributed by atoms with Gasteiger partial charge in [-0.2, -0.15) is 4.36 Å². The lowest BCUT2D eigenvalue weighted by Crippen LogP contribution is -2.47. The van der Waals surface area contributed by atoms with Crippen LogP contribution in [-0.2, 0) is 30.7 Å². The minimum Gasteiger partial charge on any atom is -0.455 e. The van der Waals surface area contributed by atoms with Crippen LogP contribution >= 0.6 is 11.6 Å². The highest BCUT2D eigenvalue weighted by Gasteiger charge is 2.31. The summed E-state index contributed by atoms with van der Waals surface area (Å²) in [5, 5.41) is 13.9. The molecule has 0 bridgehead atoms. The summed E-state index contributed by atoms with van der Waals surface area (Å²) in [4.78, 5) is 52.2. The number of nitrogens with zero attached hydrogens (tertiary/aromatic N) is 6. The molecule has 0 unspecified atom stereocenters. The molecule has 2 aliphatic heterocycles. The zero-order valence-electron chi connectivity index (χ0n) is 40.6. The van der Waals surface area contributed by atoms with Crippen LogP contribution in [0.2, 0.25) is 5.02 Å². The quantitative estimate of drug-likeness (QED) is 0.0579. The molecule has 5 aromatic rings. The Labute approximate surface area is 416 Å². The number of carbonyl (C=O) groups excluding carboxylic acids is 2. The van der Waals surface area contributed by atoms with Gasteiger partial charge in [-0.05, 0) is 90.6 Å². The monoisotopic (exact) mass is 1010 g/mol. The molecule has 18 heteroatoms. The average molecular weight is 1010 g/mol. The number of carbonyl (C=O) groups is 2. The van der Waals surface area contributed by atoms with E-state index in [1.54, 1.807) is 30.5 Å². The van der Waals surface area contributed by atoms with Crippen LogP contribution in [0.5, 0.6) is 11.5 Å². The fourth-order valence-corrected chi connectivity index (χ4v) is 12.8. The topological polar surface area (TPSA) is 183 Å². The van der Waals surface area contributed by atoms with Crippen LogP contribution in [0, 0.1) is 27.4 Å². The number of nitro groups is 1. The number of aromatic amines is 1. The highest BCUT2D eigenvalue weighted by molar-refractivity contribution is 8.02. The second kappa shape index (κ2) is 21.0. The molecule has 3 aromatic carbocycles. The first-order valence-corrected chi connectivity index (χ1v) is 27.8. The molecule has 1 aliphatic carbocycles. The maximum absolute atomic E-state index is 14.1. The van der Waals surface area contributed by atoms with Crippen molar-refractivity contribution in [2.75, 3.05) is 68.8 Å². The molecule has 0 radical (unpaired) electrons. The number of anilines is 1. The van der Waals surface area contributed by atoms with E-state index in [9.17, 15) is 28.1 Å². The highest BCUT2D eigenvalue weighted by atomic mass is 35.5. The standard InChI is InChI=1S/C52H63ClN8O7S2/c1-35(2)50(62)56-69(6)25-23-59(24-26-69)33-36(3)27-38-9-13-44(30-47(38)61(64)65)70(66,67)57-51(63)45-14-12-42(29-48(45)68-43-28-39-16-18-54-49(39)55-32-43)60-21-19-58(20-22-60)34-40-15-17-52(4,5)31-46(40)37-7-10-41(53)11-8-37/h7-14,16,18,28-30,32,35-36H,6,15,17,19-27,31,33-34H2,1-5H3,(H,54,55)(H,57,63)/t36-/m1/s1. The van der Waals surface area contributed by atoms with E-state index in [4.69, 9.17) is 16.3 Å². The van der Waals surface area contributed by atoms with E-state index in [-0.39, 0.29) is 40.2 Å². The highest BCUT2D eigenvalue weighted by Crippen LogP contribution is 2.43. The van der Waals surface area contributed by atoms with Gasteiger partial charge in [-0.15, -0.1) is 9.41 Å². The van der Waals surface area contributed by atoms with Gasteiger partial charge < -0.3 is 19.5 Å². The third-order valence-corrected chi connectivity index (χ3v) is 17.7. The summed E-state index contributed by atoms with van der Waals surface area (Å²) in [6.45, 7) is 16.3. The number of pyridine rings is 1. The normalized spacial score (nSPS) is 18.2. The number of sulfonamides is 1. The molecule has 0 spiro atoms. The van der Waals surface area contributed by atoms with Gasteiger partial charge in [0.2, 0.25) is 0 Å². The first-order valence-electron chi connectivity index (χ1n) is 23.9. The molecule has 1 atom stereocenters. The molecular weight excluding hydrogens is 948 g/mol. The molecule has 70 heavy (non-hydrogen) atoms. The maximum Gasteiger partial charge on any atom is 0.273 e. The van der Waals surface area contributed by atoms with Gasteiger partial charge in [0.05, 0.1) is 21.6 Å². The van der Waals surface area contributed by atoms with E-state index in [1.165, 1.54) is 35.0 Å². The van der Waals surface area contributed by atoms with E-state index in [2.05, 4.69) is 65.6 Å². The maximum atomic E-state index is 14.1. The fourth-order valence-electron chi connectivity index (χ4n) is 9.53. The zero-order chi connectivity index (χ0) is 50.0. The Morgan fingerprint density at radius 2 is 1.71 bits per heavy atom. The molecule has 2 amide bonds. The second-order valence-electron chi connectivity index (χ2n) is 20.1. The van der Waals surface area contributed by atoms with Crippen LogP contribution in [0.15, 0.2) is 100 Å². The molecule has 15 nitrogen and oxygen atoms in total. The van der Waals surface area contributed by atoms with Crippen molar-refractivity contribution < 1.29 is 27.7 Å². The number of hydrogen-bond acceptors (Lipinski definition) is 11. The summed E-state index contributed by atoms with van der Waals surface area (Å²) in [5.74, 6) is 4.93. The first kappa shape index (κ1) is 50.8. The van der Waals surface area contributed by atoms with Crippen molar-refractivity contribution in [3.8, 4) is 11.5 Å². The van der Waals surface area contributed by atoms with Crippen molar-refractivity contribution in [3.63, 3.8) is 0 Å². The number of amides is 2. The van der Waals surface area contributed by atoms with Gasteiger partial charge in [-0.1, -0.05) is 75.9 Å². The van der Waals surface area contributed by atoms with Gasteiger partial charge in [-0.3, -0.25) is 24.6 Å².